The predicted molar refractivity (Wildman–Crippen MR) is 109 cm³/mol. The molecule has 0 heterocycles. The Labute approximate surface area is 192 Å². The van der Waals surface area contributed by atoms with Crippen LogP contribution in [0.1, 0.15) is 0 Å². The normalized spacial score (nSPS) is 10.9. The van der Waals surface area contributed by atoms with Crippen LogP contribution in [0.25, 0.3) is 10.8 Å². The molecule has 9 heteroatoms. The SMILES string of the molecule is O=C(CI)Nc1ccc(Nc2ccc3cc(S(=O)(=O)[O-])ccc3c2)cc1.[Na+]. The molecular formula is C18H14IN2NaO4S. The molecule has 1 amide bonds. The van der Waals surface area contributed by atoms with Crippen LogP contribution in [0.2, 0.25) is 0 Å². The van der Waals surface area contributed by atoms with Gasteiger partial charge in [0.05, 0.1) is 9.32 Å². The van der Waals surface area contributed by atoms with Crippen molar-refractivity contribution in [1.82, 2.24) is 0 Å². The van der Waals surface area contributed by atoms with Crippen LogP contribution >= 0.6 is 22.6 Å². The average molecular weight is 504 g/mol. The number of hydrogen-bond donors (Lipinski definition) is 2. The van der Waals surface area contributed by atoms with Gasteiger partial charge in [-0.3, -0.25) is 4.79 Å². The number of nitrogens with one attached hydrogen (secondary N) is 2. The zero-order valence-electron chi connectivity index (χ0n) is 14.4. The fourth-order valence-corrected chi connectivity index (χ4v) is 3.15. The third-order valence-corrected chi connectivity index (χ3v) is 5.20. The van der Waals surface area contributed by atoms with Crippen LogP contribution in [0.4, 0.5) is 17.1 Å². The molecule has 0 bridgehead atoms. The van der Waals surface area contributed by atoms with Crippen LogP contribution in [-0.2, 0) is 14.9 Å². The van der Waals surface area contributed by atoms with Crippen molar-refractivity contribution in [2.45, 2.75) is 4.90 Å². The van der Waals surface area contributed by atoms with Gasteiger partial charge in [-0.2, -0.15) is 0 Å². The molecule has 3 aromatic rings. The number of rotatable bonds is 5. The number of fused-ring (bicyclic) bond motifs is 1. The average Bonchev–Trinajstić information content (AvgIpc) is 2.62. The monoisotopic (exact) mass is 504 g/mol. The molecule has 27 heavy (non-hydrogen) atoms. The number of alkyl halides is 1. The summed E-state index contributed by atoms with van der Waals surface area (Å²) in [5.74, 6) is -0.0553. The van der Waals surface area contributed by atoms with Crippen molar-refractivity contribution in [3.8, 4) is 0 Å². The van der Waals surface area contributed by atoms with E-state index in [-0.39, 0.29) is 40.4 Å². The zero-order chi connectivity index (χ0) is 18.7. The second-order valence-corrected chi connectivity index (χ2v) is 7.70. The van der Waals surface area contributed by atoms with E-state index in [1.165, 1.54) is 12.1 Å². The van der Waals surface area contributed by atoms with Gasteiger partial charge in [0.2, 0.25) is 5.91 Å². The molecule has 3 aromatic carbocycles. The van der Waals surface area contributed by atoms with Crippen molar-refractivity contribution in [3.05, 3.63) is 60.7 Å². The van der Waals surface area contributed by atoms with E-state index in [9.17, 15) is 17.8 Å². The number of benzene rings is 3. The van der Waals surface area contributed by atoms with Crippen molar-refractivity contribution in [2.24, 2.45) is 0 Å². The van der Waals surface area contributed by atoms with Crippen molar-refractivity contribution < 1.29 is 47.3 Å². The second-order valence-electron chi connectivity index (χ2n) is 5.56. The van der Waals surface area contributed by atoms with Crippen LogP contribution < -0.4 is 40.2 Å². The maximum atomic E-state index is 11.4. The molecule has 0 aliphatic heterocycles. The first-order valence-electron chi connectivity index (χ1n) is 7.58. The number of anilines is 3. The third kappa shape index (κ3) is 5.90. The molecule has 0 atom stereocenters. The Morgan fingerprint density at radius 1 is 0.889 bits per heavy atom. The topological polar surface area (TPSA) is 98.3 Å². The summed E-state index contributed by atoms with van der Waals surface area (Å²) in [6.07, 6.45) is 0. The van der Waals surface area contributed by atoms with E-state index >= 15 is 0 Å². The molecule has 6 nitrogen and oxygen atoms in total. The Kier molecular flexibility index (Phi) is 7.66. The predicted octanol–water partition coefficient (Wildman–Crippen LogP) is 0.865. The molecule has 134 valence electrons. The summed E-state index contributed by atoms with van der Waals surface area (Å²) >= 11 is 2.00. The minimum atomic E-state index is -4.46. The molecular weight excluding hydrogens is 490 g/mol. The second kappa shape index (κ2) is 9.35. The van der Waals surface area contributed by atoms with Gasteiger partial charge < -0.3 is 15.2 Å². The first kappa shape index (κ1) is 22.1. The van der Waals surface area contributed by atoms with Gasteiger partial charge in [0, 0.05) is 17.1 Å². The van der Waals surface area contributed by atoms with Crippen molar-refractivity contribution >= 4 is 66.5 Å². The largest absolute Gasteiger partial charge is 1.00 e. The van der Waals surface area contributed by atoms with Crippen LogP contribution in [0, 0.1) is 0 Å². The molecule has 0 spiro atoms. The van der Waals surface area contributed by atoms with Crippen LogP contribution in [0.3, 0.4) is 0 Å². The molecule has 0 aliphatic rings. The van der Waals surface area contributed by atoms with Gasteiger partial charge in [0.1, 0.15) is 10.1 Å². The quantitative estimate of drug-likeness (QED) is 0.233. The van der Waals surface area contributed by atoms with Crippen LogP contribution in [0.15, 0.2) is 65.6 Å². The number of halogens is 1. The van der Waals surface area contributed by atoms with E-state index in [0.29, 0.717) is 9.81 Å². The van der Waals surface area contributed by atoms with E-state index in [4.69, 9.17) is 0 Å². The number of carbonyl (C=O) groups excluding carboxylic acids is 1. The molecule has 0 aliphatic carbocycles. The van der Waals surface area contributed by atoms with Crippen molar-refractivity contribution in [2.75, 3.05) is 15.1 Å². The molecule has 0 radical (unpaired) electrons. The van der Waals surface area contributed by atoms with E-state index in [2.05, 4.69) is 10.6 Å². The fourth-order valence-electron chi connectivity index (χ4n) is 2.46. The summed E-state index contributed by atoms with van der Waals surface area (Å²) in [6, 6.07) is 17.0. The summed E-state index contributed by atoms with van der Waals surface area (Å²) in [5.41, 5.74) is 2.39. The Morgan fingerprint density at radius 2 is 1.44 bits per heavy atom. The van der Waals surface area contributed by atoms with Crippen LogP contribution in [0.5, 0.6) is 0 Å². The molecule has 0 saturated carbocycles. The van der Waals surface area contributed by atoms with Gasteiger partial charge >= 0.3 is 29.6 Å². The first-order valence-corrected chi connectivity index (χ1v) is 10.5. The Morgan fingerprint density at radius 3 is 2.07 bits per heavy atom. The van der Waals surface area contributed by atoms with Gasteiger partial charge in [-0.25, -0.2) is 8.42 Å². The molecule has 0 saturated heterocycles. The maximum Gasteiger partial charge on any atom is 1.00 e. The minimum Gasteiger partial charge on any atom is -0.744 e. The fraction of sp³-hybridized carbons (Fsp3) is 0.0556. The summed E-state index contributed by atoms with van der Waals surface area (Å²) < 4.78 is 33.7. The molecule has 2 N–H and O–H groups in total. The van der Waals surface area contributed by atoms with Crippen molar-refractivity contribution in [3.63, 3.8) is 0 Å². The van der Waals surface area contributed by atoms with E-state index in [1.54, 1.807) is 30.3 Å². The van der Waals surface area contributed by atoms with Gasteiger partial charge in [0.25, 0.3) is 0 Å². The maximum absolute atomic E-state index is 11.4. The van der Waals surface area contributed by atoms with E-state index < -0.39 is 10.1 Å². The first-order chi connectivity index (χ1) is 12.3. The molecule has 0 unspecified atom stereocenters. The minimum absolute atomic E-state index is 0. The van der Waals surface area contributed by atoms with Crippen molar-refractivity contribution in [1.29, 1.82) is 0 Å². The van der Waals surface area contributed by atoms with Gasteiger partial charge in [-0.15, -0.1) is 0 Å². The molecule has 0 aromatic heterocycles. The van der Waals surface area contributed by atoms with E-state index in [1.807, 2.05) is 40.8 Å². The zero-order valence-corrected chi connectivity index (χ0v) is 19.4. The van der Waals surface area contributed by atoms with Gasteiger partial charge in [0.15, 0.2) is 0 Å². The number of carbonyl (C=O) groups is 1. The number of hydrogen-bond acceptors (Lipinski definition) is 5. The molecule has 0 fully saturated rings. The number of amides is 1. The van der Waals surface area contributed by atoms with Gasteiger partial charge in [-0.1, -0.05) is 34.7 Å². The summed E-state index contributed by atoms with van der Waals surface area (Å²) in [6.45, 7) is 0. The smallest absolute Gasteiger partial charge is 0.744 e. The van der Waals surface area contributed by atoms with Crippen LogP contribution in [-0.4, -0.2) is 23.3 Å². The Bertz CT molecular complexity index is 1070. The summed E-state index contributed by atoms with van der Waals surface area (Å²) in [7, 11) is -4.46. The summed E-state index contributed by atoms with van der Waals surface area (Å²) in [5, 5.41) is 7.50. The standard InChI is InChI=1S/C18H15IN2O4S.Na/c19-11-18(22)21-15-6-4-14(5-7-15)20-16-3-1-13-10-17(26(23,24)25)8-2-12(13)9-16;/h1-10,20H,11H2,(H,21,22)(H,23,24,25);/q;+1/p-1. The Hall–Kier alpha value is -1.17. The van der Waals surface area contributed by atoms with E-state index in [0.717, 1.165) is 22.4 Å². The Balaban J connectivity index is 0.00000261. The summed E-state index contributed by atoms with van der Waals surface area (Å²) in [4.78, 5) is 11.1. The third-order valence-electron chi connectivity index (χ3n) is 3.68. The van der Waals surface area contributed by atoms with Gasteiger partial charge in [-0.05, 0) is 59.3 Å². The molecule has 3 rings (SSSR count).